The van der Waals surface area contributed by atoms with E-state index in [4.69, 9.17) is 21.2 Å². The van der Waals surface area contributed by atoms with Gasteiger partial charge < -0.3 is 30.4 Å². The number of ether oxygens (including phenoxy) is 1. The molecular formula is C37H52ClN5O7. The van der Waals surface area contributed by atoms with Crippen molar-refractivity contribution in [1.29, 1.82) is 0 Å². The number of likely N-dealkylation sites (tertiary alicyclic amines) is 1. The molecule has 1 aliphatic carbocycles. The van der Waals surface area contributed by atoms with Crippen LogP contribution in [0, 0.1) is 11.3 Å². The number of carbonyl (C=O) groups excluding carboxylic acids is 5. The van der Waals surface area contributed by atoms with E-state index in [0.29, 0.717) is 23.6 Å². The minimum atomic E-state index is -1.05. The van der Waals surface area contributed by atoms with Crippen LogP contribution in [0.3, 0.4) is 0 Å². The summed E-state index contributed by atoms with van der Waals surface area (Å²) in [5.74, 6) is -2.54. The monoisotopic (exact) mass is 713 g/mol. The molecule has 0 bridgehead atoms. The van der Waals surface area contributed by atoms with Crippen molar-refractivity contribution in [3.8, 4) is 0 Å². The van der Waals surface area contributed by atoms with E-state index in [0.717, 1.165) is 31.2 Å². The molecule has 50 heavy (non-hydrogen) atoms. The lowest BCUT2D eigenvalue weighted by Gasteiger charge is -2.36. The van der Waals surface area contributed by atoms with Crippen LogP contribution in [0.1, 0.15) is 105 Å². The average molecular weight is 714 g/mol. The zero-order valence-electron chi connectivity index (χ0n) is 30.1. The van der Waals surface area contributed by atoms with Gasteiger partial charge in [0, 0.05) is 35.9 Å². The summed E-state index contributed by atoms with van der Waals surface area (Å²) in [6.45, 7) is 11.5. The Morgan fingerprint density at radius 3 is 2.40 bits per heavy atom. The summed E-state index contributed by atoms with van der Waals surface area (Å²) < 4.78 is 5.85. The third-order valence-electron chi connectivity index (χ3n) is 10.0. The Bertz CT molecular complexity index is 1500. The lowest BCUT2D eigenvalue weighted by molar-refractivity contribution is -0.145. The smallest absolute Gasteiger partial charge is 0.289 e. The fraction of sp³-hybridized carbons (Fsp3) is 0.676. The minimum absolute atomic E-state index is 0.0109. The molecule has 5 rings (SSSR count). The van der Waals surface area contributed by atoms with Crippen LogP contribution >= 0.6 is 11.6 Å². The van der Waals surface area contributed by atoms with E-state index in [1.807, 2.05) is 53.7 Å². The Kier molecular flexibility index (Phi) is 11.6. The van der Waals surface area contributed by atoms with Gasteiger partial charge in [-0.2, -0.15) is 0 Å². The van der Waals surface area contributed by atoms with Crippen molar-refractivity contribution in [3.05, 3.63) is 34.9 Å². The summed E-state index contributed by atoms with van der Waals surface area (Å²) in [4.78, 5) is 75.7. The van der Waals surface area contributed by atoms with Crippen LogP contribution in [-0.2, 0) is 33.5 Å². The van der Waals surface area contributed by atoms with Crippen LogP contribution in [0.5, 0.6) is 0 Å². The second kappa shape index (κ2) is 15.4. The number of ketones is 1. The molecule has 0 radical (unpaired) electrons. The van der Waals surface area contributed by atoms with Crippen LogP contribution in [0.4, 0.5) is 0 Å². The second-order valence-electron chi connectivity index (χ2n) is 15.8. The molecule has 1 unspecified atom stereocenters. The first kappa shape index (κ1) is 37.7. The fourth-order valence-electron chi connectivity index (χ4n) is 7.43. The van der Waals surface area contributed by atoms with Crippen LogP contribution in [-0.4, -0.2) is 88.5 Å². The number of oxime groups is 1. The van der Waals surface area contributed by atoms with Crippen molar-refractivity contribution < 1.29 is 33.5 Å². The predicted octanol–water partition coefficient (Wildman–Crippen LogP) is 4.06. The van der Waals surface area contributed by atoms with E-state index in [2.05, 4.69) is 21.1 Å². The summed E-state index contributed by atoms with van der Waals surface area (Å²) in [5, 5.41) is 13.4. The number of benzene rings is 1. The van der Waals surface area contributed by atoms with E-state index >= 15 is 0 Å². The number of nitrogens with zero attached hydrogens (tertiary/aromatic N) is 2. The van der Waals surface area contributed by atoms with E-state index < -0.39 is 52.6 Å². The molecule has 3 heterocycles. The first-order chi connectivity index (χ1) is 23.6. The molecule has 0 aromatic heterocycles. The van der Waals surface area contributed by atoms with Crippen molar-refractivity contribution in [2.24, 2.45) is 16.5 Å². The molecule has 3 fully saturated rings. The average Bonchev–Trinajstić information content (AvgIpc) is 3.62. The lowest BCUT2D eigenvalue weighted by Crippen LogP contribution is -2.59. The summed E-state index contributed by atoms with van der Waals surface area (Å²) in [6, 6.07) is 4.16. The molecule has 4 aliphatic rings. The number of rotatable bonds is 12. The molecular weight excluding hydrogens is 662 g/mol. The normalized spacial score (nSPS) is 27.6. The maximum atomic E-state index is 14.6. The summed E-state index contributed by atoms with van der Waals surface area (Å²) >= 11 is 6.25. The van der Waals surface area contributed by atoms with E-state index in [9.17, 15) is 24.0 Å². The first-order valence-electron chi connectivity index (χ1n) is 18.0. The Morgan fingerprint density at radius 1 is 1.08 bits per heavy atom. The summed E-state index contributed by atoms with van der Waals surface area (Å²) in [5.41, 5.74) is -0.325. The first-order valence-corrected chi connectivity index (χ1v) is 18.4. The highest BCUT2D eigenvalue weighted by atomic mass is 35.5. The SMILES string of the molecule is CCC[C@H](NC(=O)[C@@H]1C[C@]2(CC(c3cccc(Cl)c3)=NO2)CN1C(=O)C(NC(=O)CC1C[C@@H](C)O[C@H](C)C1)C(C)(C)C)C(=O)C(=O)NC1CC1. The van der Waals surface area contributed by atoms with Gasteiger partial charge in [0.25, 0.3) is 5.91 Å². The van der Waals surface area contributed by atoms with Crippen LogP contribution in [0.15, 0.2) is 29.4 Å². The molecule has 1 spiro atoms. The van der Waals surface area contributed by atoms with Gasteiger partial charge in [0.05, 0.1) is 30.5 Å². The molecule has 3 N–H and O–H groups in total. The highest BCUT2D eigenvalue weighted by Gasteiger charge is 2.55. The van der Waals surface area contributed by atoms with Gasteiger partial charge in [0.2, 0.25) is 23.5 Å². The van der Waals surface area contributed by atoms with E-state index in [-0.39, 0.29) is 55.9 Å². The van der Waals surface area contributed by atoms with Gasteiger partial charge in [-0.05, 0) is 69.4 Å². The summed E-state index contributed by atoms with van der Waals surface area (Å²) in [6.07, 6.45) is 4.73. The van der Waals surface area contributed by atoms with Crippen molar-refractivity contribution in [2.75, 3.05) is 6.54 Å². The molecule has 6 atom stereocenters. The number of hydrogen-bond donors (Lipinski definition) is 3. The fourth-order valence-corrected chi connectivity index (χ4v) is 7.62. The van der Waals surface area contributed by atoms with E-state index in [1.54, 1.807) is 12.1 Å². The van der Waals surface area contributed by atoms with Crippen molar-refractivity contribution in [3.63, 3.8) is 0 Å². The van der Waals surface area contributed by atoms with Gasteiger partial charge in [0.15, 0.2) is 5.60 Å². The van der Waals surface area contributed by atoms with Gasteiger partial charge in [-0.3, -0.25) is 24.0 Å². The molecule has 4 amide bonds. The molecule has 3 aliphatic heterocycles. The quantitative estimate of drug-likeness (QED) is 0.276. The van der Waals surface area contributed by atoms with Gasteiger partial charge in [-0.15, -0.1) is 0 Å². The van der Waals surface area contributed by atoms with Crippen molar-refractivity contribution in [1.82, 2.24) is 20.9 Å². The summed E-state index contributed by atoms with van der Waals surface area (Å²) in [7, 11) is 0. The number of Topliss-reactive ketones (excluding diaryl/α,β-unsaturated/α-hetero) is 1. The minimum Gasteiger partial charge on any atom is -0.387 e. The third-order valence-corrected chi connectivity index (χ3v) is 10.3. The third kappa shape index (κ3) is 9.23. The molecule has 1 saturated carbocycles. The zero-order chi connectivity index (χ0) is 36.4. The number of hydrogen-bond acceptors (Lipinski definition) is 8. The Hall–Kier alpha value is -3.51. The van der Waals surface area contributed by atoms with Crippen molar-refractivity contribution >= 4 is 46.7 Å². The Labute approximate surface area is 299 Å². The predicted molar refractivity (Wildman–Crippen MR) is 188 cm³/mol. The number of carbonyl (C=O) groups is 5. The molecule has 1 aromatic rings. The highest BCUT2D eigenvalue weighted by Crippen LogP contribution is 2.40. The van der Waals surface area contributed by atoms with Gasteiger partial charge in [-0.25, -0.2) is 0 Å². The number of nitrogens with one attached hydrogen (secondary N) is 3. The maximum Gasteiger partial charge on any atom is 0.289 e. The van der Waals surface area contributed by atoms with Gasteiger partial charge in [0.1, 0.15) is 12.1 Å². The molecule has 13 heteroatoms. The molecule has 2 saturated heterocycles. The van der Waals surface area contributed by atoms with Crippen LogP contribution in [0.2, 0.25) is 5.02 Å². The Morgan fingerprint density at radius 2 is 1.78 bits per heavy atom. The van der Waals surface area contributed by atoms with E-state index in [1.165, 1.54) is 4.90 Å². The molecule has 274 valence electrons. The number of halogens is 1. The maximum absolute atomic E-state index is 14.6. The number of amides is 4. The molecule has 12 nitrogen and oxygen atoms in total. The van der Waals surface area contributed by atoms with Crippen molar-refractivity contribution in [2.45, 2.75) is 141 Å². The van der Waals surface area contributed by atoms with Gasteiger partial charge in [-0.1, -0.05) is 63.0 Å². The Balaban J connectivity index is 1.38. The second-order valence-corrected chi connectivity index (χ2v) is 16.2. The largest absolute Gasteiger partial charge is 0.387 e. The van der Waals surface area contributed by atoms with Crippen LogP contribution < -0.4 is 16.0 Å². The molecule has 1 aromatic carbocycles. The lowest BCUT2D eigenvalue weighted by atomic mass is 9.84. The standard InChI is InChI=1S/C37H52ClN5O7/c1-7-9-27(31(45)34(47)39-26-12-13-26)40-33(46)29-19-37(18-28(42-50-37)24-10-8-11-25(38)17-24)20-43(29)35(48)32(36(4,5)6)41-30(44)16-23-14-21(2)49-22(3)15-23/h8,10-11,17,21-23,26-27,29,32H,7,9,12-16,18-20H2,1-6H3,(H,39,47)(H,40,46)(H,41,44)/t21-,22-,27+,29+,32?,37-/m1/s1. The topological polar surface area (TPSA) is 156 Å². The van der Waals surface area contributed by atoms with Gasteiger partial charge >= 0.3 is 0 Å². The highest BCUT2D eigenvalue weighted by molar-refractivity contribution is 6.38. The zero-order valence-corrected chi connectivity index (χ0v) is 30.8. The van der Waals surface area contributed by atoms with Crippen LogP contribution in [0.25, 0.3) is 0 Å².